The lowest BCUT2D eigenvalue weighted by molar-refractivity contribution is 0.627. The molecule has 2 heterocycles. The number of benzene rings is 1. The van der Waals surface area contributed by atoms with E-state index in [1.807, 2.05) is 17.6 Å². The smallest absolute Gasteiger partial charge is 0.177 e. The minimum Gasteiger partial charge on any atom is -0.325 e. The third-order valence-electron chi connectivity index (χ3n) is 2.95. The summed E-state index contributed by atoms with van der Waals surface area (Å²) in [7, 11) is 0. The lowest BCUT2D eigenvalue weighted by Crippen LogP contribution is -1.98. The molecule has 1 aromatic carbocycles. The number of rotatable bonds is 2. The maximum Gasteiger partial charge on any atom is 0.177 e. The standard InChI is InChI=1S/C14H11ClFN3.CH4/c1-9-4-13-14(17-6-9)18-8-19(13)7-10-2-3-12(16)11(15)5-10;/h2-6,8H,7H2,1H3;1H4. The molecule has 0 fully saturated rings. The van der Waals surface area contributed by atoms with Gasteiger partial charge >= 0.3 is 0 Å². The Balaban J connectivity index is 0.00000147. The zero-order valence-electron chi connectivity index (χ0n) is 10.3. The van der Waals surface area contributed by atoms with Gasteiger partial charge in [-0.2, -0.15) is 0 Å². The third-order valence-corrected chi connectivity index (χ3v) is 3.24. The molecule has 20 heavy (non-hydrogen) atoms. The summed E-state index contributed by atoms with van der Waals surface area (Å²) in [5.41, 5.74) is 3.66. The number of fused-ring (bicyclic) bond motifs is 1. The molecular formula is C15H15ClFN3. The summed E-state index contributed by atoms with van der Waals surface area (Å²) in [5.74, 6) is -0.404. The molecule has 2 aromatic heterocycles. The van der Waals surface area contributed by atoms with Crippen molar-refractivity contribution in [3.05, 3.63) is 58.8 Å². The molecule has 0 saturated heterocycles. The second-order valence-electron chi connectivity index (χ2n) is 4.48. The summed E-state index contributed by atoms with van der Waals surface area (Å²) in [6.07, 6.45) is 3.52. The number of aryl methyl sites for hydroxylation is 1. The summed E-state index contributed by atoms with van der Waals surface area (Å²) < 4.78 is 15.1. The van der Waals surface area contributed by atoms with Crippen LogP contribution in [0, 0.1) is 12.7 Å². The van der Waals surface area contributed by atoms with Crippen LogP contribution >= 0.6 is 11.6 Å². The predicted octanol–water partition coefficient (Wildman–Crippen LogP) is 4.22. The van der Waals surface area contributed by atoms with Crippen LogP contribution in [-0.4, -0.2) is 14.5 Å². The molecule has 0 N–H and O–H groups in total. The first-order chi connectivity index (χ1) is 9.13. The van der Waals surface area contributed by atoms with Crippen molar-refractivity contribution in [2.75, 3.05) is 0 Å². The predicted molar refractivity (Wildman–Crippen MR) is 79.5 cm³/mol. The van der Waals surface area contributed by atoms with Crippen molar-refractivity contribution in [1.29, 1.82) is 0 Å². The Morgan fingerprint density at radius 1 is 1.25 bits per heavy atom. The fourth-order valence-electron chi connectivity index (χ4n) is 2.00. The molecule has 0 radical (unpaired) electrons. The number of nitrogens with zero attached hydrogens (tertiary/aromatic N) is 3. The molecule has 0 unspecified atom stereocenters. The van der Waals surface area contributed by atoms with Gasteiger partial charge in [-0.05, 0) is 36.2 Å². The Labute approximate surface area is 122 Å². The Hall–Kier alpha value is -1.94. The zero-order chi connectivity index (χ0) is 13.4. The SMILES string of the molecule is C.Cc1cnc2ncn(Cc3ccc(F)c(Cl)c3)c2c1. The number of pyridine rings is 1. The van der Waals surface area contributed by atoms with E-state index in [4.69, 9.17) is 11.6 Å². The lowest BCUT2D eigenvalue weighted by Gasteiger charge is -2.05. The van der Waals surface area contributed by atoms with Crippen LogP contribution in [0.3, 0.4) is 0 Å². The topological polar surface area (TPSA) is 30.7 Å². The first-order valence-electron chi connectivity index (χ1n) is 5.85. The van der Waals surface area contributed by atoms with Crippen LogP contribution in [0.1, 0.15) is 18.6 Å². The Kier molecular flexibility index (Phi) is 4.04. The van der Waals surface area contributed by atoms with Gasteiger partial charge in [-0.15, -0.1) is 0 Å². The van der Waals surface area contributed by atoms with Gasteiger partial charge in [0.05, 0.1) is 16.9 Å². The molecule has 3 aromatic rings. The molecule has 5 heteroatoms. The van der Waals surface area contributed by atoms with E-state index >= 15 is 0 Å². The Morgan fingerprint density at radius 3 is 2.80 bits per heavy atom. The summed E-state index contributed by atoms with van der Waals surface area (Å²) in [4.78, 5) is 8.50. The van der Waals surface area contributed by atoms with Gasteiger partial charge in [-0.1, -0.05) is 25.1 Å². The summed E-state index contributed by atoms with van der Waals surface area (Å²) in [6, 6.07) is 6.75. The van der Waals surface area contributed by atoms with Crippen molar-refractivity contribution < 1.29 is 4.39 Å². The van der Waals surface area contributed by atoms with Crippen molar-refractivity contribution >= 4 is 22.8 Å². The normalized spacial score (nSPS) is 10.6. The molecule has 0 aliphatic carbocycles. The van der Waals surface area contributed by atoms with Crippen molar-refractivity contribution in [3.8, 4) is 0 Å². The number of hydrogen-bond acceptors (Lipinski definition) is 2. The monoisotopic (exact) mass is 291 g/mol. The molecule has 0 spiro atoms. The van der Waals surface area contributed by atoms with E-state index in [0.29, 0.717) is 12.2 Å². The molecule has 0 aliphatic heterocycles. The number of aromatic nitrogens is 3. The van der Waals surface area contributed by atoms with Gasteiger partial charge < -0.3 is 4.57 Å². The van der Waals surface area contributed by atoms with Crippen LogP contribution in [-0.2, 0) is 6.54 Å². The highest BCUT2D eigenvalue weighted by molar-refractivity contribution is 6.30. The number of hydrogen-bond donors (Lipinski definition) is 0. The minimum atomic E-state index is -0.404. The van der Waals surface area contributed by atoms with Gasteiger partial charge in [0.2, 0.25) is 0 Å². The van der Waals surface area contributed by atoms with Crippen LogP contribution in [0.4, 0.5) is 4.39 Å². The van der Waals surface area contributed by atoms with E-state index in [-0.39, 0.29) is 12.4 Å². The fraction of sp³-hybridized carbons (Fsp3) is 0.200. The highest BCUT2D eigenvalue weighted by atomic mass is 35.5. The van der Waals surface area contributed by atoms with Crippen LogP contribution in [0.2, 0.25) is 5.02 Å². The van der Waals surface area contributed by atoms with Gasteiger partial charge in [0.15, 0.2) is 5.65 Å². The van der Waals surface area contributed by atoms with E-state index < -0.39 is 5.82 Å². The first-order valence-corrected chi connectivity index (χ1v) is 6.23. The van der Waals surface area contributed by atoms with E-state index in [1.165, 1.54) is 6.07 Å². The van der Waals surface area contributed by atoms with E-state index in [0.717, 1.165) is 16.6 Å². The number of imidazole rings is 1. The largest absolute Gasteiger partial charge is 0.325 e. The van der Waals surface area contributed by atoms with Gasteiger partial charge in [0, 0.05) is 12.7 Å². The quantitative estimate of drug-likeness (QED) is 0.708. The van der Waals surface area contributed by atoms with Crippen LogP contribution in [0.15, 0.2) is 36.8 Å². The molecule has 0 amide bonds. The van der Waals surface area contributed by atoms with Crippen molar-refractivity contribution in [2.24, 2.45) is 0 Å². The van der Waals surface area contributed by atoms with Crippen molar-refractivity contribution in [1.82, 2.24) is 14.5 Å². The van der Waals surface area contributed by atoms with Gasteiger partial charge in [0.25, 0.3) is 0 Å². The maximum atomic E-state index is 13.1. The average Bonchev–Trinajstić information content (AvgIpc) is 2.77. The molecular weight excluding hydrogens is 277 g/mol. The third kappa shape index (κ3) is 2.65. The summed E-state index contributed by atoms with van der Waals surface area (Å²) >= 11 is 5.79. The van der Waals surface area contributed by atoms with Crippen LogP contribution in [0.25, 0.3) is 11.2 Å². The molecule has 0 atom stereocenters. The molecule has 0 aliphatic rings. The van der Waals surface area contributed by atoms with Crippen molar-refractivity contribution in [3.63, 3.8) is 0 Å². The number of halogens is 2. The lowest BCUT2D eigenvalue weighted by atomic mass is 10.2. The molecule has 0 saturated carbocycles. The van der Waals surface area contributed by atoms with Gasteiger partial charge in [-0.25, -0.2) is 14.4 Å². The average molecular weight is 292 g/mol. The molecule has 104 valence electrons. The van der Waals surface area contributed by atoms with Gasteiger partial charge in [-0.3, -0.25) is 0 Å². The highest BCUT2D eigenvalue weighted by Gasteiger charge is 2.06. The molecule has 3 rings (SSSR count). The van der Waals surface area contributed by atoms with E-state index in [1.54, 1.807) is 24.7 Å². The Morgan fingerprint density at radius 2 is 2.05 bits per heavy atom. The summed E-state index contributed by atoms with van der Waals surface area (Å²) in [6.45, 7) is 2.57. The second-order valence-corrected chi connectivity index (χ2v) is 4.88. The van der Waals surface area contributed by atoms with E-state index in [9.17, 15) is 4.39 Å². The maximum absolute atomic E-state index is 13.1. The molecule has 0 bridgehead atoms. The summed E-state index contributed by atoms with van der Waals surface area (Å²) in [5, 5.41) is 0.135. The molecule has 3 nitrogen and oxygen atoms in total. The second kappa shape index (κ2) is 5.59. The highest BCUT2D eigenvalue weighted by Crippen LogP contribution is 2.18. The zero-order valence-corrected chi connectivity index (χ0v) is 11.0. The van der Waals surface area contributed by atoms with Gasteiger partial charge in [0.1, 0.15) is 5.82 Å². The van der Waals surface area contributed by atoms with Crippen LogP contribution in [0.5, 0.6) is 0 Å². The Bertz CT molecular complexity index is 752. The minimum absolute atomic E-state index is 0. The first kappa shape index (κ1) is 14.5. The van der Waals surface area contributed by atoms with Crippen molar-refractivity contribution in [2.45, 2.75) is 20.9 Å². The van der Waals surface area contributed by atoms with E-state index in [2.05, 4.69) is 9.97 Å². The fourth-order valence-corrected chi connectivity index (χ4v) is 2.21. The van der Waals surface area contributed by atoms with Crippen LogP contribution < -0.4 is 0 Å².